The van der Waals surface area contributed by atoms with E-state index in [1.54, 1.807) is 0 Å². The van der Waals surface area contributed by atoms with Gasteiger partial charge in [0.1, 0.15) is 0 Å². The van der Waals surface area contributed by atoms with Crippen LogP contribution in [-0.2, 0) is 58.9 Å². The van der Waals surface area contributed by atoms with Crippen LogP contribution in [0.1, 0.15) is 24.0 Å². The predicted octanol–water partition coefficient (Wildman–Crippen LogP) is 12.0. The average Bonchev–Trinajstić information content (AvgIpc) is 3.80. The molecule has 0 N–H and O–H groups in total. The van der Waals surface area contributed by atoms with Gasteiger partial charge in [0.25, 0.3) is 0 Å². The number of nitrogens with zero attached hydrogens (tertiary/aromatic N) is 2. The van der Waals surface area contributed by atoms with Crippen molar-refractivity contribution < 1.29 is 44.8 Å². The summed E-state index contributed by atoms with van der Waals surface area (Å²) in [6.07, 6.45) is 19.6. The molecule has 0 aliphatic heterocycles. The summed E-state index contributed by atoms with van der Waals surface area (Å²) in [7, 11) is 2.71. The van der Waals surface area contributed by atoms with Gasteiger partial charge < -0.3 is 22.0 Å². The van der Waals surface area contributed by atoms with Gasteiger partial charge in [0.05, 0.1) is 49.4 Å². The van der Waals surface area contributed by atoms with E-state index in [2.05, 4.69) is 181 Å². The number of unbranched alkanes of at least 4 members (excludes halogenated alkanes) is 1. The van der Waals surface area contributed by atoms with E-state index in [4.69, 9.17) is 12.8 Å². The third kappa shape index (κ3) is 11.2. The Hall–Kier alpha value is -5.18. The Kier molecular flexibility index (Phi) is 17.9. The predicted molar refractivity (Wildman–Crippen MR) is 273 cm³/mol. The summed E-state index contributed by atoms with van der Waals surface area (Å²) in [5, 5.41) is 11.0. The first-order valence-electron chi connectivity index (χ1n) is 21.3. The Labute approximate surface area is 412 Å². The zero-order chi connectivity index (χ0) is 42.7. The molecule has 0 aliphatic carbocycles. The number of hydrogen-bond acceptors (Lipinski definition) is 0. The van der Waals surface area contributed by atoms with Gasteiger partial charge in [0, 0.05) is 46.9 Å². The largest absolute Gasteiger partial charge is 1.00 e. The number of aromatic nitrogens is 2. The molecule has 0 atom stereocenters. The quantitative estimate of drug-likeness (QED) is 0.0448. The van der Waals surface area contributed by atoms with Gasteiger partial charge in [-0.05, 0) is 84.3 Å². The molecule has 64 heavy (non-hydrogen) atoms. The van der Waals surface area contributed by atoms with Gasteiger partial charge in [0.15, 0.2) is 0 Å². The van der Waals surface area contributed by atoms with E-state index in [0.717, 1.165) is 11.1 Å². The molecule has 0 unspecified atom stereocenters. The molecule has 0 bridgehead atoms. The summed E-state index contributed by atoms with van der Waals surface area (Å²) in [4.78, 5) is 0. The van der Waals surface area contributed by atoms with E-state index in [0.29, 0.717) is 0 Å². The molecule has 0 aliphatic rings. The SMILES string of the molecule is [Au+].[Au+].[C-]#Cc1ccc2c(c1)c1ccccc1n2C.[C-]#Cc1ccc2c(c1)c1ccccc1n2C.c1ccc([PH+](CCCC[PH+](c2ccccc2)c2ccccc2)c2ccccc2)cc1. The number of hydrogen-bond donors (Lipinski definition) is 0. The molecule has 0 spiro atoms. The average molecular weight is 1230 g/mol. The van der Waals surface area contributed by atoms with E-state index in [9.17, 15) is 0 Å². The molecule has 0 amide bonds. The summed E-state index contributed by atoms with van der Waals surface area (Å²) in [6, 6.07) is 73.2. The van der Waals surface area contributed by atoms with Crippen LogP contribution in [0.25, 0.3) is 43.6 Å². The summed E-state index contributed by atoms with van der Waals surface area (Å²) < 4.78 is 4.36. The van der Waals surface area contributed by atoms with Crippen LogP contribution >= 0.6 is 15.8 Å². The van der Waals surface area contributed by atoms with Gasteiger partial charge in [-0.25, -0.2) is 0 Å². The number of para-hydroxylation sites is 2. The fraction of sp³-hybridized carbons (Fsp3) is 0.103. The molecule has 0 radical (unpaired) electrons. The monoisotopic (exact) mass is 1230 g/mol. The minimum atomic E-state index is -0.714. The zero-order valence-corrected chi connectivity index (χ0v) is 42.3. The molecular formula is C58H50Au2N2P2+2. The normalized spacial score (nSPS) is 10.6. The number of benzene rings is 8. The molecule has 0 fully saturated rings. The first-order chi connectivity index (χ1) is 30.5. The number of fused-ring (bicyclic) bond motifs is 6. The maximum absolute atomic E-state index is 7.18. The van der Waals surface area contributed by atoms with Crippen molar-refractivity contribution in [3.8, 4) is 11.8 Å². The zero-order valence-electron chi connectivity index (χ0n) is 36.0. The summed E-state index contributed by atoms with van der Waals surface area (Å²) in [5.41, 5.74) is 6.48. The van der Waals surface area contributed by atoms with Gasteiger partial charge >= 0.3 is 44.8 Å². The van der Waals surface area contributed by atoms with Gasteiger partial charge in [-0.1, -0.05) is 121 Å². The van der Waals surface area contributed by atoms with Crippen LogP contribution < -0.4 is 21.2 Å². The molecule has 10 aromatic rings. The summed E-state index contributed by atoms with van der Waals surface area (Å²) >= 11 is 0. The topological polar surface area (TPSA) is 9.86 Å². The molecule has 0 saturated carbocycles. The van der Waals surface area contributed by atoms with E-state index in [-0.39, 0.29) is 44.8 Å². The van der Waals surface area contributed by atoms with Crippen molar-refractivity contribution in [3.63, 3.8) is 0 Å². The molecule has 0 saturated heterocycles. The Morgan fingerprint density at radius 3 is 0.953 bits per heavy atom. The fourth-order valence-electron chi connectivity index (χ4n) is 8.56. The van der Waals surface area contributed by atoms with E-state index in [1.807, 2.05) is 60.7 Å². The minimum Gasteiger partial charge on any atom is -0.366 e. The molecule has 322 valence electrons. The molecule has 2 aromatic heterocycles. The fourth-order valence-corrected chi connectivity index (χ4v) is 14.0. The second kappa shape index (κ2) is 23.7. The molecule has 8 aromatic carbocycles. The molecular weight excluding hydrogens is 1180 g/mol. The van der Waals surface area contributed by atoms with Crippen LogP contribution in [0.2, 0.25) is 0 Å². The molecule has 2 nitrogen and oxygen atoms in total. The van der Waals surface area contributed by atoms with Gasteiger partial charge in [0.2, 0.25) is 0 Å². The molecule has 2 heterocycles. The van der Waals surface area contributed by atoms with Crippen LogP contribution in [-0.4, -0.2) is 21.5 Å². The van der Waals surface area contributed by atoms with Gasteiger partial charge in [-0.3, -0.25) is 11.8 Å². The van der Waals surface area contributed by atoms with Crippen LogP contribution in [0.4, 0.5) is 0 Å². The third-order valence-corrected chi connectivity index (χ3v) is 17.5. The third-order valence-electron chi connectivity index (χ3n) is 11.7. The minimum absolute atomic E-state index is 0. The number of rotatable bonds is 9. The number of aryl methyl sites for hydroxylation is 2. The van der Waals surface area contributed by atoms with Crippen molar-refractivity contribution in [2.45, 2.75) is 12.8 Å². The maximum atomic E-state index is 7.18. The summed E-state index contributed by atoms with van der Waals surface area (Å²) in [6.45, 7) is 0. The van der Waals surface area contributed by atoms with Crippen molar-refractivity contribution in [2.75, 3.05) is 12.3 Å². The van der Waals surface area contributed by atoms with E-state index >= 15 is 0 Å². The van der Waals surface area contributed by atoms with Gasteiger partial charge in [-0.2, -0.15) is 0 Å². The van der Waals surface area contributed by atoms with E-state index in [1.165, 1.54) is 90.0 Å². The van der Waals surface area contributed by atoms with E-state index < -0.39 is 15.8 Å². The first kappa shape index (κ1) is 48.3. The molecule has 10 rings (SSSR count). The smallest absolute Gasteiger partial charge is 0.366 e. The Morgan fingerprint density at radius 1 is 0.359 bits per heavy atom. The Bertz CT molecular complexity index is 2840. The second-order valence-corrected chi connectivity index (χ2v) is 20.7. The second-order valence-electron chi connectivity index (χ2n) is 15.5. The summed E-state index contributed by atoms with van der Waals surface area (Å²) in [5.74, 6) is 4.87. The van der Waals surface area contributed by atoms with Crippen molar-refractivity contribution >= 4 is 80.7 Å². The van der Waals surface area contributed by atoms with Crippen molar-refractivity contribution in [1.82, 2.24) is 9.13 Å². The van der Waals surface area contributed by atoms with Crippen LogP contribution in [0.3, 0.4) is 0 Å². The van der Waals surface area contributed by atoms with Crippen molar-refractivity contribution in [1.29, 1.82) is 0 Å². The first-order valence-corrected chi connectivity index (χ1v) is 24.7. The van der Waals surface area contributed by atoms with Crippen molar-refractivity contribution in [2.24, 2.45) is 14.1 Å². The van der Waals surface area contributed by atoms with Crippen LogP contribution in [0, 0.1) is 24.7 Å². The molecule has 6 heteroatoms. The van der Waals surface area contributed by atoms with Crippen LogP contribution in [0.15, 0.2) is 206 Å². The Balaban J connectivity index is 0.000000170. The van der Waals surface area contributed by atoms with Gasteiger partial charge in [-0.15, -0.1) is 35.4 Å². The Morgan fingerprint density at radius 2 is 0.641 bits per heavy atom. The van der Waals surface area contributed by atoms with Crippen molar-refractivity contribution in [3.05, 3.63) is 230 Å². The maximum Gasteiger partial charge on any atom is 1.00 e. The standard InChI is InChI=1S/C28H28P2.2C15H10N.2Au/c1-5-15-25(16-6-1)29(26-17-7-2-8-18-26)23-13-14-24-30(27-19-9-3-10-20-27)28-21-11-4-12-22-28;2*1-3-11-8-9-15-13(10-11)12-6-4-5-7-14(12)16(15)2;;/h1-12,15-22H,13-14,23-24H2;2*4-10H,2H3;;/q;2*-1;2*+1/p+2. The van der Waals surface area contributed by atoms with Crippen LogP contribution in [0.5, 0.6) is 0 Å².